The summed E-state index contributed by atoms with van der Waals surface area (Å²) in [5, 5.41) is 5.00. The van der Waals surface area contributed by atoms with E-state index in [1.165, 1.54) is 25.4 Å². The Morgan fingerprint density at radius 2 is 2.17 bits per heavy atom. The van der Waals surface area contributed by atoms with Gasteiger partial charge in [0.1, 0.15) is 4.49 Å². The van der Waals surface area contributed by atoms with E-state index in [2.05, 4.69) is 16.9 Å². The van der Waals surface area contributed by atoms with Crippen molar-refractivity contribution in [3.05, 3.63) is 33.3 Å². The van der Waals surface area contributed by atoms with Crippen molar-refractivity contribution in [1.82, 2.24) is 4.98 Å². The predicted molar refractivity (Wildman–Crippen MR) is 96.4 cm³/mol. The Bertz CT molecular complexity index is 695. The van der Waals surface area contributed by atoms with Gasteiger partial charge in [-0.2, -0.15) is 0 Å². The molecule has 5 nitrogen and oxygen atoms in total. The molecule has 1 N–H and O–H groups in total. The highest BCUT2D eigenvalue weighted by Crippen LogP contribution is 2.47. The molecule has 2 rings (SSSR count). The van der Waals surface area contributed by atoms with Crippen molar-refractivity contribution in [3.63, 3.8) is 0 Å². The van der Waals surface area contributed by atoms with E-state index < -0.39 is 5.97 Å². The summed E-state index contributed by atoms with van der Waals surface area (Å²) in [4.78, 5) is 27.6. The number of ether oxygens (including phenoxy) is 1. The number of rotatable bonds is 4. The number of allylic oxidation sites excluding steroid dienone is 1. The van der Waals surface area contributed by atoms with E-state index in [4.69, 9.17) is 27.9 Å². The number of amides is 1. The molecular weight excluding hydrogens is 371 g/mol. The number of nitrogens with zero attached hydrogens (tertiary/aromatic N) is 1. The minimum Gasteiger partial charge on any atom is -0.466 e. The lowest BCUT2D eigenvalue weighted by atomic mass is 9.72. The number of halogens is 2. The summed E-state index contributed by atoms with van der Waals surface area (Å²) >= 11 is 13.5. The van der Waals surface area contributed by atoms with Gasteiger partial charge in [0.15, 0.2) is 5.13 Å². The molecule has 2 unspecified atom stereocenters. The van der Waals surface area contributed by atoms with Crippen LogP contribution in [0.4, 0.5) is 5.13 Å². The summed E-state index contributed by atoms with van der Waals surface area (Å²) in [5.41, 5.74) is 1.93. The molecule has 8 heteroatoms. The Hall–Kier alpha value is -1.37. The highest BCUT2D eigenvalue weighted by molar-refractivity contribution is 7.13. The van der Waals surface area contributed by atoms with Crippen molar-refractivity contribution in [1.29, 1.82) is 0 Å². The van der Waals surface area contributed by atoms with Crippen LogP contribution in [0.25, 0.3) is 0 Å². The van der Waals surface area contributed by atoms with E-state index in [0.717, 1.165) is 24.8 Å². The highest BCUT2D eigenvalue weighted by atomic mass is 35.5. The molecule has 0 radical (unpaired) electrons. The lowest BCUT2D eigenvalue weighted by Crippen LogP contribution is -2.26. The molecule has 0 aliphatic heterocycles. The van der Waals surface area contributed by atoms with E-state index in [0.29, 0.717) is 16.4 Å². The van der Waals surface area contributed by atoms with E-state index in [-0.39, 0.29) is 22.2 Å². The zero-order valence-electron chi connectivity index (χ0n) is 13.4. The molecule has 1 aromatic heterocycles. The SMILES string of the molecule is C=C(C(=O)OC)C1CCCC(=C(Cl)Cl)C1c1csc(NC(C)=O)n1. The average molecular weight is 389 g/mol. The van der Waals surface area contributed by atoms with E-state index >= 15 is 0 Å². The Kier molecular flexibility index (Phi) is 6.43. The molecule has 24 heavy (non-hydrogen) atoms. The molecule has 0 saturated heterocycles. The topological polar surface area (TPSA) is 68.3 Å². The van der Waals surface area contributed by atoms with Gasteiger partial charge in [0.2, 0.25) is 5.91 Å². The summed E-state index contributed by atoms with van der Waals surface area (Å²) in [6.45, 7) is 5.32. The average Bonchev–Trinajstić information content (AvgIpc) is 2.99. The molecule has 0 aromatic carbocycles. The van der Waals surface area contributed by atoms with Crippen LogP contribution in [0.1, 0.15) is 37.8 Å². The molecule has 1 aliphatic rings. The number of carbonyl (C=O) groups excluding carboxylic acids is 2. The first-order chi connectivity index (χ1) is 11.3. The normalized spacial score (nSPS) is 20.4. The lowest BCUT2D eigenvalue weighted by Gasteiger charge is -2.33. The number of methoxy groups -OCH3 is 1. The smallest absolute Gasteiger partial charge is 0.333 e. The van der Waals surface area contributed by atoms with Crippen LogP contribution in [0.3, 0.4) is 0 Å². The van der Waals surface area contributed by atoms with Gasteiger partial charge in [0.05, 0.1) is 12.8 Å². The number of carbonyl (C=O) groups is 2. The fourth-order valence-electron chi connectivity index (χ4n) is 2.97. The zero-order valence-corrected chi connectivity index (χ0v) is 15.7. The van der Waals surface area contributed by atoms with Gasteiger partial charge in [0.25, 0.3) is 0 Å². The molecule has 1 fully saturated rings. The summed E-state index contributed by atoms with van der Waals surface area (Å²) in [6.07, 6.45) is 2.33. The van der Waals surface area contributed by atoms with Crippen LogP contribution in [0.5, 0.6) is 0 Å². The lowest BCUT2D eigenvalue weighted by molar-refractivity contribution is -0.136. The Balaban J connectivity index is 2.42. The number of anilines is 1. The van der Waals surface area contributed by atoms with Crippen LogP contribution in [0.15, 0.2) is 27.6 Å². The van der Waals surface area contributed by atoms with Crippen molar-refractivity contribution in [3.8, 4) is 0 Å². The second-order valence-electron chi connectivity index (χ2n) is 5.54. The molecule has 1 aliphatic carbocycles. The maximum absolute atomic E-state index is 11.9. The van der Waals surface area contributed by atoms with Crippen molar-refractivity contribution < 1.29 is 14.3 Å². The van der Waals surface area contributed by atoms with Crippen molar-refractivity contribution in [2.75, 3.05) is 12.4 Å². The van der Waals surface area contributed by atoms with Crippen LogP contribution in [-0.4, -0.2) is 24.0 Å². The third-order valence-corrected chi connectivity index (χ3v) is 5.26. The van der Waals surface area contributed by atoms with E-state index in [1.54, 1.807) is 0 Å². The summed E-state index contributed by atoms with van der Waals surface area (Å²) in [7, 11) is 1.33. The quantitative estimate of drug-likeness (QED) is 0.612. The van der Waals surface area contributed by atoms with Crippen LogP contribution >= 0.6 is 34.5 Å². The van der Waals surface area contributed by atoms with Crippen LogP contribution in [0, 0.1) is 5.92 Å². The second kappa shape index (κ2) is 8.14. The molecular formula is C16H18Cl2N2O3S. The third kappa shape index (κ3) is 4.18. The zero-order chi connectivity index (χ0) is 17.9. The minimum atomic E-state index is -0.450. The first kappa shape index (κ1) is 19.0. The largest absolute Gasteiger partial charge is 0.466 e. The second-order valence-corrected chi connectivity index (χ2v) is 7.35. The first-order valence-electron chi connectivity index (χ1n) is 7.39. The standard InChI is InChI=1S/C16H18Cl2N2O3S/c1-8(15(22)23-3)10-5-4-6-11(14(17)18)13(10)12-7-24-16(20-12)19-9(2)21/h7,10,13H,1,4-6H2,2-3H3,(H,19,20,21). The number of nitrogens with one attached hydrogen (secondary N) is 1. The van der Waals surface area contributed by atoms with Crippen molar-refractivity contribution in [2.24, 2.45) is 5.92 Å². The van der Waals surface area contributed by atoms with Gasteiger partial charge in [-0.15, -0.1) is 11.3 Å². The summed E-state index contributed by atoms with van der Waals surface area (Å²) in [6, 6.07) is 0. The maximum atomic E-state index is 11.9. The van der Waals surface area contributed by atoms with Crippen LogP contribution < -0.4 is 5.32 Å². The molecule has 0 bridgehead atoms. The Morgan fingerprint density at radius 1 is 1.46 bits per heavy atom. The van der Waals surface area contributed by atoms with Gasteiger partial charge >= 0.3 is 5.97 Å². The summed E-state index contributed by atoms with van der Waals surface area (Å²) in [5.74, 6) is -1.09. The number of hydrogen-bond donors (Lipinski definition) is 1. The molecule has 130 valence electrons. The highest BCUT2D eigenvalue weighted by Gasteiger charge is 2.37. The maximum Gasteiger partial charge on any atom is 0.333 e. The van der Waals surface area contributed by atoms with Crippen molar-refractivity contribution in [2.45, 2.75) is 32.1 Å². The van der Waals surface area contributed by atoms with Gasteiger partial charge in [0, 0.05) is 29.7 Å². The van der Waals surface area contributed by atoms with Gasteiger partial charge in [-0.3, -0.25) is 4.79 Å². The van der Waals surface area contributed by atoms with E-state index in [9.17, 15) is 9.59 Å². The number of thiazole rings is 1. The number of esters is 1. The van der Waals surface area contributed by atoms with Gasteiger partial charge < -0.3 is 10.1 Å². The van der Waals surface area contributed by atoms with Gasteiger partial charge in [-0.05, 0) is 24.8 Å². The minimum absolute atomic E-state index is 0.191. The molecule has 1 amide bonds. The third-order valence-electron chi connectivity index (χ3n) is 4.00. The van der Waals surface area contributed by atoms with E-state index in [1.807, 2.05) is 5.38 Å². The fourth-order valence-corrected chi connectivity index (χ4v) is 4.19. The first-order valence-corrected chi connectivity index (χ1v) is 9.02. The molecule has 1 saturated carbocycles. The predicted octanol–water partition coefficient (Wildman–Crippen LogP) is 4.40. The fraction of sp³-hybridized carbons (Fsp3) is 0.438. The number of hydrogen-bond acceptors (Lipinski definition) is 5. The monoisotopic (exact) mass is 388 g/mol. The van der Waals surface area contributed by atoms with Gasteiger partial charge in [-0.25, -0.2) is 9.78 Å². The molecule has 1 heterocycles. The summed E-state index contributed by atoms with van der Waals surface area (Å²) < 4.78 is 5.00. The number of aromatic nitrogens is 1. The molecule has 0 spiro atoms. The van der Waals surface area contributed by atoms with Crippen LogP contribution in [-0.2, 0) is 14.3 Å². The molecule has 2 atom stereocenters. The Morgan fingerprint density at radius 3 is 2.75 bits per heavy atom. The van der Waals surface area contributed by atoms with Gasteiger partial charge in [-0.1, -0.05) is 29.8 Å². The Labute approximate surface area is 154 Å². The molecule has 1 aromatic rings. The van der Waals surface area contributed by atoms with Crippen molar-refractivity contribution >= 4 is 51.5 Å². The van der Waals surface area contributed by atoms with Crippen LogP contribution in [0.2, 0.25) is 0 Å².